The molecule has 1 fully saturated rings. The molecule has 4 rings (SSSR count). The maximum absolute atomic E-state index is 12.4. The van der Waals surface area contributed by atoms with E-state index in [4.69, 9.17) is 4.74 Å². The molecule has 0 aliphatic carbocycles. The SMILES string of the molecule is O=C(CCn1cnc2ccccc2c1=O)N1CC(Oc2cccnc2)C1. The fraction of sp³-hybridized carbons (Fsp3) is 0.263. The van der Waals surface area contributed by atoms with Gasteiger partial charge in [-0.2, -0.15) is 0 Å². The zero-order valence-corrected chi connectivity index (χ0v) is 14.1. The van der Waals surface area contributed by atoms with E-state index >= 15 is 0 Å². The summed E-state index contributed by atoms with van der Waals surface area (Å²) in [5, 5.41) is 0.566. The normalized spacial score (nSPS) is 14.2. The standard InChI is InChI=1S/C19H18N4O3/c24-18(23-11-15(12-23)26-14-4-3-8-20-10-14)7-9-22-13-21-17-6-2-1-5-16(17)19(22)25/h1-6,8,10,13,15H,7,9,11-12H2. The first-order valence-electron chi connectivity index (χ1n) is 8.49. The highest BCUT2D eigenvalue weighted by Crippen LogP contribution is 2.17. The third kappa shape index (κ3) is 3.28. The van der Waals surface area contributed by atoms with Crippen molar-refractivity contribution in [3.8, 4) is 5.75 Å². The Morgan fingerprint density at radius 3 is 2.85 bits per heavy atom. The number of ether oxygens (including phenoxy) is 1. The Balaban J connectivity index is 1.31. The van der Waals surface area contributed by atoms with E-state index in [9.17, 15) is 9.59 Å². The van der Waals surface area contributed by atoms with Gasteiger partial charge in [-0.1, -0.05) is 12.1 Å². The Morgan fingerprint density at radius 2 is 2.04 bits per heavy atom. The highest BCUT2D eigenvalue weighted by atomic mass is 16.5. The van der Waals surface area contributed by atoms with E-state index < -0.39 is 0 Å². The monoisotopic (exact) mass is 350 g/mol. The maximum Gasteiger partial charge on any atom is 0.261 e. The third-order valence-electron chi connectivity index (χ3n) is 4.44. The fourth-order valence-corrected chi connectivity index (χ4v) is 2.97. The predicted octanol–water partition coefficient (Wildman–Crippen LogP) is 1.47. The fourth-order valence-electron chi connectivity index (χ4n) is 2.97. The second-order valence-corrected chi connectivity index (χ2v) is 6.24. The van der Waals surface area contributed by atoms with Crippen molar-refractivity contribution in [3.63, 3.8) is 0 Å². The van der Waals surface area contributed by atoms with E-state index in [1.807, 2.05) is 24.3 Å². The Hall–Kier alpha value is -3.22. The number of likely N-dealkylation sites (tertiary alicyclic amines) is 1. The van der Waals surface area contributed by atoms with Crippen LogP contribution in [0.25, 0.3) is 10.9 Å². The zero-order chi connectivity index (χ0) is 17.9. The molecule has 0 radical (unpaired) electrons. The summed E-state index contributed by atoms with van der Waals surface area (Å²) in [5.74, 6) is 0.717. The molecule has 1 saturated heterocycles. The van der Waals surface area contributed by atoms with Crippen LogP contribution in [0.1, 0.15) is 6.42 Å². The number of carbonyl (C=O) groups excluding carboxylic acids is 1. The lowest BCUT2D eigenvalue weighted by Gasteiger charge is -2.39. The second kappa shape index (κ2) is 6.95. The predicted molar refractivity (Wildman–Crippen MR) is 95.9 cm³/mol. The molecule has 0 unspecified atom stereocenters. The van der Waals surface area contributed by atoms with Gasteiger partial charge in [-0.05, 0) is 24.3 Å². The summed E-state index contributed by atoms with van der Waals surface area (Å²) in [5.41, 5.74) is 0.544. The first-order valence-corrected chi connectivity index (χ1v) is 8.49. The summed E-state index contributed by atoms with van der Waals surface area (Å²) in [6.07, 6.45) is 5.10. The Kier molecular flexibility index (Phi) is 4.35. The molecule has 3 aromatic rings. The van der Waals surface area contributed by atoms with E-state index in [1.165, 1.54) is 10.9 Å². The van der Waals surface area contributed by atoms with Crippen molar-refractivity contribution in [3.05, 3.63) is 65.5 Å². The van der Waals surface area contributed by atoms with E-state index in [-0.39, 0.29) is 24.0 Å². The van der Waals surface area contributed by atoms with Gasteiger partial charge in [0.05, 0.1) is 36.5 Å². The van der Waals surface area contributed by atoms with Crippen LogP contribution < -0.4 is 10.3 Å². The number of nitrogens with zero attached hydrogens (tertiary/aromatic N) is 4. The van der Waals surface area contributed by atoms with Gasteiger partial charge in [0.15, 0.2) is 0 Å². The van der Waals surface area contributed by atoms with Gasteiger partial charge in [0.2, 0.25) is 5.91 Å². The lowest BCUT2D eigenvalue weighted by atomic mass is 10.1. The summed E-state index contributed by atoms with van der Waals surface area (Å²) < 4.78 is 7.23. The van der Waals surface area contributed by atoms with Gasteiger partial charge in [0.25, 0.3) is 5.56 Å². The average Bonchev–Trinajstić information content (AvgIpc) is 2.64. The minimum absolute atomic E-state index is 0.00629. The van der Waals surface area contributed by atoms with Crippen LogP contribution >= 0.6 is 0 Å². The molecule has 0 atom stereocenters. The van der Waals surface area contributed by atoms with Crippen LogP contribution in [-0.2, 0) is 11.3 Å². The van der Waals surface area contributed by atoms with Crippen LogP contribution in [0.4, 0.5) is 0 Å². The Morgan fingerprint density at radius 1 is 1.19 bits per heavy atom. The molecule has 132 valence electrons. The van der Waals surface area contributed by atoms with Crippen LogP contribution in [0.2, 0.25) is 0 Å². The summed E-state index contributed by atoms with van der Waals surface area (Å²) in [6, 6.07) is 10.9. The van der Waals surface area contributed by atoms with Gasteiger partial charge < -0.3 is 9.64 Å². The number of hydrogen-bond donors (Lipinski definition) is 0. The highest BCUT2D eigenvalue weighted by molar-refractivity contribution is 5.78. The number of hydrogen-bond acceptors (Lipinski definition) is 5. The second-order valence-electron chi connectivity index (χ2n) is 6.24. The molecule has 7 heteroatoms. The molecule has 1 aromatic carbocycles. The molecule has 3 heterocycles. The van der Waals surface area contributed by atoms with Crippen molar-refractivity contribution < 1.29 is 9.53 Å². The number of benzene rings is 1. The van der Waals surface area contributed by atoms with Crippen LogP contribution in [0, 0.1) is 0 Å². The smallest absolute Gasteiger partial charge is 0.261 e. The van der Waals surface area contributed by atoms with E-state index in [2.05, 4.69) is 9.97 Å². The lowest BCUT2D eigenvalue weighted by Crippen LogP contribution is -2.56. The van der Waals surface area contributed by atoms with Gasteiger partial charge in [-0.15, -0.1) is 0 Å². The third-order valence-corrected chi connectivity index (χ3v) is 4.44. The molecule has 26 heavy (non-hydrogen) atoms. The van der Waals surface area contributed by atoms with Crippen molar-refractivity contribution in [2.24, 2.45) is 0 Å². The first kappa shape index (κ1) is 16.3. The number of aromatic nitrogens is 3. The lowest BCUT2D eigenvalue weighted by molar-refractivity contribution is -0.140. The molecule has 0 bridgehead atoms. The molecule has 1 aliphatic heterocycles. The number of para-hydroxylation sites is 1. The Bertz CT molecular complexity index is 981. The van der Waals surface area contributed by atoms with Crippen LogP contribution in [0.5, 0.6) is 5.75 Å². The molecule has 0 N–H and O–H groups in total. The van der Waals surface area contributed by atoms with E-state index in [0.717, 1.165) is 0 Å². The zero-order valence-electron chi connectivity index (χ0n) is 14.1. The Labute approximate surface area is 149 Å². The molecule has 7 nitrogen and oxygen atoms in total. The summed E-state index contributed by atoms with van der Waals surface area (Å²) in [6.45, 7) is 1.43. The summed E-state index contributed by atoms with van der Waals surface area (Å²) in [7, 11) is 0. The molecule has 1 aliphatic rings. The molecular weight excluding hydrogens is 332 g/mol. The minimum atomic E-state index is -0.121. The van der Waals surface area contributed by atoms with Crippen LogP contribution in [0.15, 0.2) is 59.9 Å². The number of carbonyl (C=O) groups is 1. The largest absolute Gasteiger partial charge is 0.485 e. The minimum Gasteiger partial charge on any atom is -0.485 e. The average molecular weight is 350 g/mol. The number of fused-ring (bicyclic) bond motifs is 1. The number of amides is 1. The van der Waals surface area contributed by atoms with Crippen molar-refractivity contribution in [1.29, 1.82) is 0 Å². The van der Waals surface area contributed by atoms with Gasteiger partial charge in [0, 0.05) is 19.2 Å². The van der Waals surface area contributed by atoms with Crippen LogP contribution in [0.3, 0.4) is 0 Å². The van der Waals surface area contributed by atoms with Crippen molar-refractivity contribution in [2.45, 2.75) is 19.1 Å². The molecule has 0 spiro atoms. The summed E-state index contributed by atoms with van der Waals surface area (Å²) in [4.78, 5) is 34.7. The van der Waals surface area contributed by atoms with Crippen LogP contribution in [-0.4, -0.2) is 44.5 Å². The molecular formula is C19H18N4O3. The van der Waals surface area contributed by atoms with Gasteiger partial charge in [-0.25, -0.2) is 4.98 Å². The quantitative estimate of drug-likeness (QED) is 0.696. The maximum atomic E-state index is 12.4. The summed E-state index contributed by atoms with van der Waals surface area (Å²) >= 11 is 0. The molecule has 1 amide bonds. The topological polar surface area (TPSA) is 77.3 Å². The van der Waals surface area contributed by atoms with Gasteiger partial charge in [0.1, 0.15) is 11.9 Å². The highest BCUT2D eigenvalue weighted by Gasteiger charge is 2.31. The van der Waals surface area contributed by atoms with Gasteiger partial charge in [-0.3, -0.25) is 19.1 Å². The van der Waals surface area contributed by atoms with Gasteiger partial charge >= 0.3 is 0 Å². The first-order chi connectivity index (χ1) is 12.7. The number of rotatable bonds is 5. The van der Waals surface area contributed by atoms with Crippen molar-refractivity contribution in [2.75, 3.05) is 13.1 Å². The van der Waals surface area contributed by atoms with E-state index in [1.54, 1.807) is 29.4 Å². The van der Waals surface area contributed by atoms with Crippen molar-refractivity contribution in [1.82, 2.24) is 19.4 Å². The number of pyridine rings is 1. The molecule has 2 aromatic heterocycles. The van der Waals surface area contributed by atoms with Crippen molar-refractivity contribution >= 4 is 16.8 Å². The number of aryl methyl sites for hydroxylation is 1. The molecule has 0 saturated carbocycles. The van der Waals surface area contributed by atoms with E-state index in [0.29, 0.717) is 36.3 Å².